The minimum absolute atomic E-state index is 0.0946. The van der Waals surface area contributed by atoms with Crippen LogP contribution in [0.4, 0.5) is 13.2 Å². The number of pyridine rings is 1. The van der Waals surface area contributed by atoms with Crippen molar-refractivity contribution in [2.45, 2.75) is 19.6 Å². The Hall–Kier alpha value is -4.12. The van der Waals surface area contributed by atoms with Gasteiger partial charge in [-0.2, -0.15) is 22.8 Å². The second-order valence-corrected chi connectivity index (χ2v) is 8.14. The maximum absolute atomic E-state index is 13.0. The Balaban J connectivity index is 1.66. The minimum atomic E-state index is -4.55. The molecular weight excluding hydrogens is 483 g/mol. The topological polar surface area (TPSA) is 90.9 Å². The molecule has 0 aliphatic carbocycles. The van der Waals surface area contributed by atoms with E-state index in [4.69, 9.17) is 11.6 Å². The molecule has 0 saturated heterocycles. The average molecular weight is 498 g/mol. The van der Waals surface area contributed by atoms with Crippen molar-refractivity contribution in [3.05, 3.63) is 93.6 Å². The van der Waals surface area contributed by atoms with Gasteiger partial charge in [-0.05, 0) is 36.2 Å². The molecule has 0 aliphatic rings. The number of aryl methyl sites for hydroxylation is 1. The summed E-state index contributed by atoms with van der Waals surface area (Å²) in [5, 5.41) is 9.27. The van der Waals surface area contributed by atoms with Crippen LogP contribution in [0.2, 0.25) is 5.02 Å². The van der Waals surface area contributed by atoms with Crippen molar-refractivity contribution >= 4 is 17.2 Å². The van der Waals surface area contributed by atoms with Crippen LogP contribution in [0.15, 0.2) is 66.0 Å². The first-order valence-corrected chi connectivity index (χ1v) is 10.6. The Kier molecular flexibility index (Phi) is 5.56. The highest BCUT2D eigenvalue weighted by atomic mass is 35.5. The van der Waals surface area contributed by atoms with E-state index in [1.807, 2.05) is 12.1 Å². The molecule has 0 atom stereocenters. The van der Waals surface area contributed by atoms with E-state index in [0.717, 1.165) is 27.0 Å². The van der Waals surface area contributed by atoms with Crippen LogP contribution in [-0.2, 0) is 12.7 Å². The fraction of sp³-hybridized carbons (Fsp3) is 0.130. The van der Waals surface area contributed by atoms with Crippen LogP contribution in [0.1, 0.15) is 17.0 Å². The molecule has 4 aromatic heterocycles. The summed E-state index contributed by atoms with van der Waals surface area (Å²) in [5.41, 5.74) is 2.15. The van der Waals surface area contributed by atoms with Gasteiger partial charge in [0.1, 0.15) is 5.69 Å². The normalized spacial score (nSPS) is 11.8. The van der Waals surface area contributed by atoms with Crippen molar-refractivity contribution < 1.29 is 13.2 Å². The standard InChI is InChI=1S/C23H15ClF3N7O/c1-13-8-29-18(11-28-13)20-17(15-3-5-16(24)6-4-15)10-31-34-21(20)32-33(22(34)35)12-14-2-7-19(30-9-14)23(25,26)27/h2-11H,12H2,1H3. The molecule has 0 unspecified atom stereocenters. The van der Waals surface area contributed by atoms with Gasteiger partial charge in [-0.25, -0.2) is 9.48 Å². The molecule has 12 heteroatoms. The Morgan fingerprint density at radius 2 is 1.71 bits per heavy atom. The summed E-state index contributed by atoms with van der Waals surface area (Å²) in [6, 6.07) is 9.20. The number of rotatable bonds is 4. The number of benzene rings is 1. The molecular formula is C23H15ClF3N7O. The summed E-state index contributed by atoms with van der Waals surface area (Å²) in [6.07, 6.45) is 1.22. The molecule has 8 nitrogen and oxygen atoms in total. The molecule has 0 radical (unpaired) electrons. The largest absolute Gasteiger partial charge is 0.433 e. The Labute approximate surface area is 200 Å². The molecule has 0 aliphatic heterocycles. The van der Waals surface area contributed by atoms with Crippen LogP contribution in [0.5, 0.6) is 0 Å². The van der Waals surface area contributed by atoms with Crippen LogP contribution in [0, 0.1) is 6.92 Å². The lowest BCUT2D eigenvalue weighted by Crippen LogP contribution is -2.23. The molecule has 0 fully saturated rings. The molecule has 35 heavy (non-hydrogen) atoms. The quantitative estimate of drug-likeness (QED) is 0.364. The van der Waals surface area contributed by atoms with Gasteiger partial charge < -0.3 is 0 Å². The lowest BCUT2D eigenvalue weighted by molar-refractivity contribution is -0.141. The van der Waals surface area contributed by atoms with Gasteiger partial charge in [-0.1, -0.05) is 29.8 Å². The van der Waals surface area contributed by atoms with Gasteiger partial charge in [0.25, 0.3) is 0 Å². The van der Waals surface area contributed by atoms with Gasteiger partial charge in [0, 0.05) is 23.0 Å². The highest BCUT2D eigenvalue weighted by molar-refractivity contribution is 6.30. The minimum Gasteiger partial charge on any atom is -0.258 e. The number of hydrogen-bond acceptors (Lipinski definition) is 6. The third kappa shape index (κ3) is 4.37. The second-order valence-electron chi connectivity index (χ2n) is 7.71. The Bertz CT molecular complexity index is 1580. The van der Waals surface area contributed by atoms with E-state index >= 15 is 0 Å². The first-order chi connectivity index (χ1) is 16.7. The monoisotopic (exact) mass is 497 g/mol. The zero-order valence-corrected chi connectivity index (χ0v) is 18.8. The second kappa shape index (κ2) is 8.58. The highest BCUT2D eigenvalue weighted by Gasteiger charge is 2.32. The van der Waals surface area contributed by atoms with Gasteiger partial charge in [-0.15, -0.1) is 5.10 Å². The SMILES string of the molecule is Cc1cnc(-c2c(-c3ccc(Cl)cc3)cnn3c(=O)n(Cc4ccc(C(F)(F)F)nc4)nc23)cn1. The summed E-state index contributed by atoms with van der Waals surface area (Å²) >= 11 is 6.04. The zero-order chi connectivity index (χ0) is 24.7. The van der Waals surface area contributed by atoms with E-state index in [9.17, 15) is 18.0 Å². The van der Waals surface area contributed by atoms with Gasteiger partial charge in [0.15, 0.2) is 5.65 Å². The molecule has 0 amide bonds. The predicted octanol–water partition coefficient (Wildman–Crippen LogP) is 4.44. The number of aromatic nitrogens is 7. The number of alkyl halides is 3. The summed E-state index contributed by atoms with van der Waals surface area (Å²) < 4.78 is 40.7. The first-order valence-electron chi connectivity index (χ1n) is 10.3. The Morgan fingerprint density at radius 3 is 2.34 bits per heavy atom. The lowest BCUT2D eigenvalue weighted by atomic mass is 10.0. The molecule has 0 saturated carbocycles. The van der Waals surface area contributed by atoms with Crippen molar-refractivity contribution in [1.82, 2.24) is 34.3 Å². The number of halogens is 4. The van der Waals surface area contributed by atoms with E-state index < -0.39 is 17.6 Å². The van der Waals surface area contributed by atoms with Crippen molar-refractivity contribution in [3.63, 3.8) is 0 Å². The third-order valence-electron chi connectivity index (χ3n) is 5.25. The van der Waals surface area contributed by atoms with Crippen molar-refractivity contribution in [2.24, 2.45) is 0 Å². The number of nitrogens with zero attached hydrogens (tertiary/aromatic N) is 7. The van der Waals surface area contributed by atoms with E-state index in [0.29, 0.717) is 33.1 Å². The average Bonchev–Trinajstić information content (AvgIpc) is 3.14. The summed E-state index contributed by atoms with van der Waals surface area (Å²) in [4.78, 5) is 25.3. The van der Waals surface area contributed by atoms with Crippen LogP contribution in [-0.4, -0.2) is 34.3 Å². The maximum atomic E-state index is 13.0. The number of fused-ring (bicyclic) bond motifs is 1. The fourth-order valence-corrected chi connectivity index (χ4v) is 3.67. The van der Waals surface area contributed by atoms with E-state index in [1.54, 1.807) is 31.5 Å². The molecule has 0 bridgehead atoms. The fourth-order valence-electron chi connectivity index (χ4n) is 3.54. The molecule has 176 valence electrons. The summed E-state index contributed by atoms with van der Waals surface area (Å²) in [6.45, 7) is 1.71. The smallest absolute Gasteiger partial charge is 0.258 e. The molecule has 0 spiro atoms. The van der Waals surface area contributed by atoms with E-state index in [1.165, 1.54) is 12.3 Å². The van der Waals surface area contributed by atoms with Crippen molar-refractivity contribution in [2.75, 3.05) is 0 Å². The van der Waals surface area contributed by atoms with Crippen molar-refractivity contribution in [3.8, 4) is 22.4 Å². The van der Waals surface area contributed by atoms with Crippen molar-refractivity contribution in [1.29, 1.82) is 0 Å². The van der Waals surface area contributed by atoms with Crippen LogP contribution in [0.25, 0.3) is 28.0 Å². The lowest BCUT2D eigenvalue weighted by Gasteiger charge is -2.10. The van der Waals surface area contributed by atoms with Crippen LogP contribution < -0.4 is 5.69 Å². The third-order valence-corrected chi connectivity index (χ3v) is 5.51. The van der Waals surface area contributed by atoms with Gasteiger partial charge in [0.05, 0.1) is 35.9 Å². The molecule has 4 heterocycles. The molecule has 5 aromatic rings. The zero-order valence-electron chi connectivity index (χ0n) is 18.0. The van der Waals surface area contributed by atoms with Crippen LogP contribution in [0.3, 0.4) is 0 Å². The Morgan fingerprint density at radius 1 is 0.943 bits per heavy atom. The predicted molar refractivity (Wildman–Crippen MR) is 122 cm³/mol. The molecule has 0 N–H and O–H groups in total. The van der Waals surface area contributed by atoms with Gasteiger partial charge in [-0.3, -0.25) is 15.0 Å². The summed E-state index contributed by atoms with van der Waals surface area (Å²) in [7, 11) is 0. The van der Waals surface area contributed by atoms with E-state index in [2.05, 4.69) is 25.1 Å². The number of hydrogen-bond donors (Lipinski definition) is 0. The molecule has 1 aromatic carbocycles. The maximum Gasteiger partial charge on any atom is 0.433 e. The summed E-state index contributed by atoms with van der Waals surface area (Å²) in [5.74, 6) is 0. The first kappa shape index (κ1) is 22.7. The molecule has 5 rings (SSSR count). The van der Waals surface area contributed by atoms with E-state index in [-0.39, 0.29) is 12.2 Å². The highest BCUT2D eigenvalue weighted by Crippen LogP contribution is 2.33. The van der Waals surface area contributed by atoms with Gasteiger partial charge >= 0.3 is 11.9 Å². The van der Waals surface area contributed by atoms with Crippen LogP contribution >= 0.6 is 11.6 Å². The van der Waals surface area contributed by atoms with Gasteiger partial charge in [0.2, 0.25) is 0 Å².